The van der Waals surface area contributed by atoms with Crippen molar-refractivity contribution >= 4 is 17.2 Å². The van der Waals surface area contributed by atoms with Crippen LogP contribution in [0.25, 0.3) is 0 Å². The average molecular weight is 237 g/mol. The second kappa shape index (κ2) is 5.00. The zero-order chi connectivity index (χ0) is 11.5. The van der Waals surface area contributed by atoms with Gasteiger partial charge in [-0.3, -0.25) is 4.79 Å². The topological polar surface area (TPSA) is 20.3 Å². The molecule has 16 heavy (non-hydrogen) atoms. The third-order valence-corrected chi connectivity index (χ3v) is 4.57. The van der Waals surface area contributed by atoms with Crippen molar-refractivity contribution in [2.45, 2.75) is 39.5 Å². The normalized spacial score (nSPS) is 16.5. The molecule has 1 amide bonds. The van der Waals surface area contributed by atoms with Crippen LogP contribution < -0.4 is 0 Å². The average Bonchev–Trinajstić information content (AvgIpc) is 2.71. The minimum absolute atomic E-state index is 0.243. The van der Waals surface area contributed by atoms with Crippen LogP contribution in [0, 0.1) is 6.92 Å². The first-order valence-corrected chi connectivity index (χ1v) is 6.92. The fraction of sp³-hybridized carbons (Fsp3) is 0.615. The predicted molar refractivity (Wildman–Crippen MR) is 68.2 cm³/mol. The standard InChI is InChI=1S/C13H19NOS/c1-3-11-10(2)9-12(16-11)13(15)14-7-5-4-6-8-14/h9H,3-8H2,1-2H3. The minimum atomic E-state index is 0.243. The van der Waals surface area contributed by atoms with E-state index in [1.54, 1.807) is 11.3 Å². The summed E-state index contributed by atoms with van der Waals surface area (Å²) in [5.74, 6) is 0.243. The number of aryl methyl sites for hydroxylation is 2. The van der Waals surface area contributed by atoms with Crippen LogP contribution in [-0.4, -0.2) is 23.9 Å². The molecule has 2 nitrogen and oxygen atoms in total. The lowest BCUT2D eigenvalue weighted by Gasteiger charge is -2.26. The molecule has 1 aromatic rings. The number of amides is 1. The quantitative estimate of drug-likeness (QED) is 0.773. The first-order chi connectivity index (χ1) is 7.72. The molecule has 0 radical (unpaired) electrons. The van der Waals surface area contributed by atoms with Gasteiger partial charge >= 0.3 is 0 Å². The van der Waals surface area contributed by atoms with Crippen molar-refractivity contribution in [3.05, 3.63) is 21.4 Å². The molecule has 0 saturated carbocycles. The number of piperidine rings is 1. The minimum Gasteiger partial charge on any atom is -0.338 e. The van der Waals surface area contributed by atoms with Crippen LogP contribution in [0.2, 0.25) is 0 Å². The molecule has 1 saturated heterocycles. The van der Waals surface area contributed by atoms with E-state index in [0.29, 0.717) is 0 Å². The Hall–Kier alpha value is -0.830. The van der Waals surface area contributed by atoms with Crippen LogP contribution in [0.1, 0.15) is 46.3 Å². The van der Waals surface area contributed by atoms with Crippen molar-refractivity contribution in [1.82, 2.24) is 4.90 Å². The molecule has 0 aromatic carbocycles. The summed E-state index contributed by atoms with van der Waals surface area (Å²) >= 11 is 1.67. The number of hydrogen-bond donors (Lipinski definition) is 0. The maximum absolute atomic E-state index is 12.2. The molecule has 2 heterocycles. The summed E-state index contributed by atoms with van der Waals surface area (Å²) in [5.41, 5.74) is 1.27. The van der Waals surface area contributed by atoms with Crippen molar-refractivity contribution < 1.29 is 4.79 Å². The number of hydrogen-bond acceptors (Lipinski definition) is 2. The summed E-state index contributed by atoms with van der Waals surface area (Å²) in [6.45, 7) is 6.13. The summed E-state index contributed by atoms with van der Waals surface area (Å²) < 4.78 is 0. The fourth-order valence-corrected chi connectivity index (χ4v) is 3.31. The van der Waals surface area contributed by atoms with E-state index in [9.17, 15) is 4.79 Å². The number of nitrogens with zero attached hydrogens (tertiary/aromatic N) is 1. The van der Waals surface area contributed by atoms with Crippen LogP contribution in [0.4, 0.5) is 0 Å². The Morgan fingerprint density at radius 3 is 2.62 bits per heavy atom. The van der Waals surface area contributed by atoms with Crippen molar-refractivity contribution in [3.8, 4) is 0 Å². The Bertz CT molecular complexity index is 377. The van der Waals surface area contributed by atoms with Gasteiger partial charge in [-0.15, -0.1) is 11.3 Å². The van der Waals surface area contributed by atoms with Crippen LogP contribution in [0.3, 0.4) is 0 Å². The number of thiophene rings is 1. The van der Waals surface area contributed by atoms with Gasteiger partial charge in [0.05, 0.1) is 4.88 Å². The van der Waals surface area contributed by atoms with Crippen LogP contribution in [0.5, 0.6) is 0 Å². The Morgan fingerprint density at radius 1 is 1.38 bits per heavy atom. The van der Waals surface area contributed by atoms with E-state index >= 15 is 0 Å². The lowest BCUT2D eigenvalue weighted by atomic mass is 10.1. The monoisotopic (exact) mass is 237 g/mol. The highest BCUT2D eigenvalue weighted by Gasteiger charge is 2.20. The first-order valence-electron chi connectivity index (χ1n) is 6.11. The second-order valence-electron chi connectivity index (χ2n) is 4.42. The molecule has 0 atom stereocenters. The zero-order valence-electron chi connectivity index (χ0n) is 10.1. The largest absolute Gasteiger partial charge is 0.338 e. The second-order valence-corrected chi connectivity index (χ2v) is 5.56. The van der Waals surface area contributed by atoms with Crippen molar-refractivity contribution in [1.29, 1.82) is 0 Å². The SMILES string of the molecule is CCc1sc(C(=O)N2CCCCC2)cc1C. The van der Waals surface area contributed by atoms with Gasteiger partial charge in [0.1, 0.15) is 0 Å². The van der Waals surface area contributed by atoms with Gasteiger partial charge in [-0.25, -0.2) is 0 Å². The third kappa shape index (κ3) is 2.29. The first kappa shape index (κ1) is 11.6. The smallest absolute Gasteiger partial charge is 0.263 e. The number of carbonyl (C=O) groups excluding carboxylic acids is 1. The van der Waals surface area contributed by atoms with Crippen LogP contribution >= 0.6 is 11.3 Å². The maximum Gasteiger partial charge on any atom is 0.263 e. The zero-order valence-corrected chi connectivity index (χ0v) is 10.9. The number of rotatable bonds is 2. The van der Waals surface area contributed by atoms with Gasteiger partial charge in [-0.1, -0.05) is 6.92 Å². The number of carbonyl (C=O) groups is 1. The third-order valence-electron chi connectivity index (χ3n) is 3.20. The summed E-state index contributed by atoms with van der Waals surface area (Å²) in [6, 6.07) is 2.06. The van der Waals surface area contributed by atoms with Crippen LogP contribution in [-0.2, 0) is 6.42 Å². The Labute approximate surface area is 101 Å². The van der Waals surface area contributed by atoms with E-state index in [0.717, 1.165) is 37.2 Å². The fourth-order valence-electron chi connectivity index (χ4n) is 2.23. The molecular formula is C13H19NOS. The molecule has 0 bridgehead atoms. The van der Waals surface area contributed by atoms with Crippen LogP contribution in [0.15, 0.2) is 6.07 Å². The van der Waals surface area contributed by atoms with Gasteiger partial charge in [0.25, 0.3) is 5.91 Å². The molecule has 2 rings (SSSR count). The highest BCUT2D eigenvalue weighted by atomic mass is 32.1. The van der Waals surface area contributed by atoms with E-state index < -0.39 is 0 Å². The van der Waals surface area contributed by atoms with Crippen molar-refractivity contribution in [2.75, 3.05) is 13.1 Å². The predicted octanol–water partition coefficient (Wildman–Crippen LogP) is 3.25. The number of likely N-dealkylation sites (tertiary alicyclic amines) is 1. The van der Waals surface area contributed by atoms with E-state index in [1.165, 1.54) is 16.9 Å². The molecule has 3 heteroatoms. The highest BCUT2D eigenvalue weighted by Crippen LogP contribution is 2.24. The molecular weight excluding hydrogens is 218 g/mol. The molecule has 1 aliphatic rings. The molecule has 0 spiro atoms. The molecule has 1 fully saturated rings. The van der Waals surface area contributed by atoms with E-state index in [1.807, 2.05) is 4.90 Å². The summed E-state index contributed by atoms with van der Waals surface area (Å²) in [4.78, 5) is 16.5. The van der Waals surface area contributed by atoms with Crippen molar-refractivity contribution in [3.63, 3.8) is 0 Å². The summed E-state index contributed by atoms with van der Waals surface area (Å²) in [5, 5.41) is 0. The van der Waals surface area contributed by atoms with E-state index in [2.05, 4.69) is 19.9 Å². The molecule has 0 aliphatic carbocycles. The Morgan fingerprint density at radius 2 is 2.06 bits per heavy atom. The summed E-state index contributed by atoms with van der Waals surface area (Å²) in [7, 11) is 0. The van der Waals surface area contributed by atoms with Gasteiger partial charge in [0, 0.05) is 18.0 Å². The van der Waals surface area contributed by atoms with Gasteiger partial charge < -0.3 is 4.90 Å². The summed E-state index contributed by atoms with van der Waals surface area (Å²) in [6.07, 6.45) is 4.63. The highest BCUT2D eigenvalue weighted by molar-refractivity contribution is 7.14. The lowest BCUT2D eigenvalue weighted by Crippen LogP contribution is -2.35. The van der Waals surface area contributed by atoms with Crippen molar-refractivity contribution in [2.24, 2.45) is 0 Å². The Kier molecular flexibility index (Phi) is 3.64. The van der Waals surface area contributed by atoms with Gasteiger partial charge in [-0.05, 0) is 44.2 Å². The molecule has 88 valence electrons. The Balaban J connectivity index is 2.13. The molecule has 0 N–H and O–H groups in total. The maximum atomic E-state index is 12.2. The van der Waals surface area contributed by atoms with Gasteiger partial charge in [0.2, 0.25) is 0 Å². The van der Waals surface area contributed by atoms with Gasteiger partial charge in [-0.2, -0.15) is 0 Å². The van der Waals surface area contributed by atoms with E-state index in [4.69, 9.17) is 0 Å². The molecule has 0 unspecified atom stereocenters. The lowest BCUT2D eigenvalue weighted by molar-refractivity contribution is 0.0729. The van der Waals surface area contributed by atoms with E-state index in [-0.39, 0.29) is 5.91 Å². The molecule has 1 aromatic heterocycles. The molecule has 1 aliphatic heterocycles. The van der Waals surface area contributed by atoms with Gasteiger partial charge in [0.15, 0.2) is 0 Å².